The third-order valence-corrected chi connectivity index (χ3v) is 4.49. The van der Waals surface area contributed by atoms with Gasteiger partial charge >= 0.3 is 0 Å². The van der Waals surface area contributed by atoms with Crippen LogP contribution in [0.25, 0.3) is 22.6 Å². The molecule has 0 fully saturated rings. The number of hydrogen-bond donors (Lipinski definition) is 1. The summed E-state index contributed by atoms with van der Waals surface area (Å²) in [6.07, 6.45) is 3.06. The van der Waals surface area contributed by atoms with Crippen molar-refractivity contribution in [1.29, 1.82) is 0 Å². The third-order valence-electron chi connectivity index (χ3n) is 4.49. The van der Waals surface area contributed by atoms with Crippen LogP contribution in [0.15, 0.2) is 36.1 Å². The number of nitrogens with one attached hydrogen (secondary N) is 1. The Morgan fingerprint density at radius 3 is 2.75 bits per heavy atom. The zero-order valence-electron chi connectivity index (χ0n) is 12.7. The summed E-state index contributed by atoms with van der Waals surface area (Å²) in [7, 11) is 0. The van der Waals surface area contributed by atoms with Crippen LogP contribution in [0.5, 0.6) is 0 Å². The van der Waals surface area contributed by atoms with Crippen molar-refractivity contribution >= 4 is 22.6 Å². The lowest BCUT2D eigenvalue weighted by Crippen LogP contribution is -2.22. The number of aromatic nitrogens is 1. The van der Waals surface area contributed by atoms with Crippen LogP contribution < -0.4 is 0 Å². The quantitative estimate of drug-likeness (QED) is 0.659. The highest BCUT2D eigenvalue weighted by atomic mass is 14.7. The number of benzene rings is 1. The maximum absolute atomic E-state index is 3.67. The highest BCUT2D eigenvalue weighted by Crippen LogP contribution is 2.45. The van der Waals surface area contributed by atoms with E-state index in [2.05, 4.69) is 63.2 Å². The first kappa shape index (κ1) is 13.0. The summed E-state index contributed by atoms with van der Waals surface area (Å²) < 4.78 is 0. The molecule has 0 amide bonds. The Morgan fingerprint density at radius 1 is 1.30 bits per heavy atom. The van der Waals surface area contributed by atoms with Crippen LogP contribution in [0, 0.1) is 0 Å². The summed E-state index contributed by atoms with van der Waals surface area (Å²) in [5.41, 5.74) is 11.1. The first-order valence-corrected chi connectivity index (χ1v) is 7.13. The molecule has 102 valence electrons. The molecule has 1 heterocycles. The molecule has 1 aromatic carbocycles. The molecule has 1 nitrogen and oxygen atoms in total. The van der Waals surface area contributed by atoms with E-state index < -0.39 is 0 Å². The molecule has 0 bridgehead atoms. The molecular formula is C19H21N. The van der Waals surface area contributed by atoms with Crippen molar-refractivity contribution in [3.05, 3.63) is 52.9 Å². The van der Waals surface area contributed by atoms with Crippen molar-refractivity contribution < 1.29 is 0 Å². The van der Waals surface area contributed by atoms with Gasteiger partial charge in [0.2, 0.25) is 0 Å². The lowest BCUT2D eigenvalue weighted by atomic mass is 9.72. The van der Waals surface area contributed by atoms with Gasteiger partial charge < -0.3 is 4.98 Å². The zero-order valence-corrected chi connectivity index (χ0v) is 12.7. The lowest BCUT2D eigenvalue weighted by molar-refractivity contribution is 0.516. The Balaban J connectivity index is 2.39. The molecule has 0 saturated heterocycles. The molecule has 1 N–H and O–H groups in total. The normalized spacial score (nSPS) is 17.0. The van der Waals surface area contributed by atoms with Gasteiger partial charge in [-0.2, -0.15) is 0 Å². The zero-order chi connectivity index (χ0) is 14.5. The molecule has 0 saturated carbocycles. The highest BCUT2D eigenvalue weighted by molar-refractivity contribution is 5.93. The van der Waals surface area contributed by atoms with E-state index in [9.17, 15) is 0 Å². The van der Waals surface area contributed by atoms with E-state index in [-0.39, 0.29) is 5.41 Å². The van der Waals surface area contributed by atoms with Crippen molar-refractivity contribution in [3.63, 3.8) is 0 Å². The molecule has 0 atom stereocenters. The molecule has 0 spiro atoms. The fourth-order valence-corrected chi connectivity index (χ4v) is 3.50. The molecule has 0 radical (unpaired) electrons. The van der Waals surface area contributed by atoms with E-state index >= 15 is 0 Å². The third kappa shape index (κ3) is 1.78. The van der Waals surface area contributed by atoms with Gasteiger partial charge in [0.25, 0.3) is 0 Å². The number of rotatable bonds is 1. The Kier molecular flexibility index (Phi) is 2.77. The first-order chi connectivity index (χ1) is 9.44. The van der Waals surface area contributed by atoms with Gasteiger partial charge in [0, 0.05) is 16.6 Å². The number of fused-ring (bicyclic) bond motifs is 3. The predicted octanol–water partition coefficient (Wildman–Crippen LogP) is 5.44. The number of H-pyrrole nitrogens is 1. The van der Waals surface area contributed by atoms with Gasteiger partial charge in [-0.25, -0.2) is 0 Å². The molecule has 20 heavy (non-hydrogen) atoms. The van der Waals surface area contributed by atoms with E-state index in [1.54, 1.807) is 0 Å². The molecule has 1 heteroatoms. The molecular weight excluding hydrogens is 242 g/mol. The van der Waals surface area contributed by atoms with E-state index in [0.717, 1.165) is 12.0 Å². The van der Waals surface area contributed by atoms with Crippen LogP contribution in [-0.4, -0.2) is 4.98 Å². The number of allylic oxidation sites excluding steroid dienone is 2. The second kappa shape index (κ2) is 4.26. The first-order valence-electron chi connectivity index (χ1n) is 7.13. The predicted molar refractivity (Wildman–Crippen MR) is 87.8 cm³/mol. The van der Waals surface area contributed by atoms with Gasteiger partial charge in [-0.15, -0.1) is 5.73 Å². The van der Waals surface area contributed by atoms with Crippen LogP contribution >= 0.6 is 0 Å². The molecule has 1 aliphatic carbocycles. The van der Waals surface area contributed by atoms with E-state index in [1.165, 1.54) is 33.3 Å². The van der Waals surface area contributed by atoms with Crippen molar-refractivity contribution in [3.8, 4) is 0 Å². The Labute approximate surface area is 120 Å². The molecule has 1 aromatic heterocycles. The maximum Gasteiger partial charge on any atom is 0.0462 e. The minimum Gasteiger partial charge on any atom is -0.355 e. The van der Waals surface area contributed by atoms with Gasteiger partial charge in [-0.1, -0.05) is 32.1 Å². The SMILES string of the molecule is C=C=Cc1ccc2[nH]c3c(c2c1)C(C)(C)CC(C)=C3C. The Hall–Kier alpha value is -1.98. The van der Waals surface area contributed by atoms with Crippen molar-refractivity contribution in [2.24, 2.45) is 0 Å². The molecule has 0 aliphatic heterocycles. The summed E-state index contributed by atoms with van der Waals surface area (Å²) in [4.78, 5) is 3.61. The van der Waals surface area contributed by atoms with Gasteiger partial charge in [0.15, 0.2) is 0 Å². The van der Waals surface area contributed by atoms with E-state index in [0.29, 0.717) is 0 Å². The largest absolute Gasteiger partial charge is 0.355 e. The van der Waals surface area contributed by atoms with Crippen LogP contribution in [0.2, 0.25) is 0 Å². The van der Waals surface area contributed by atoms with Crippen molar-refractivity contribution in [2.75, 3.05) is 0 Å². The summed E-state index contributed by atoms with van der Waals surface area (Å²) in [5, 5.41) is 1.33. The number of hydrogen-bond acceptors (Lipinski definition) is 0. The molecule has 0 unspecified atom stereocenters. The average Bonchev–Trinajstić information content (AvgIpc) is 2.76. The topological polar surface area (TPSA) is 15.8 Å². The van der Waals surface area contributed by atoms with Gasteiger partial charge in [-0.3, -0.25) is 0 Å². The van der Waals surface area contributed by atoms with Crippen LogP contribution in [0.4, 0.5) is 0 Å². The van der Waals surface area contributed by atoms with Crippen molar-refractivity contribution in [2.45, 2.75) is 39.5 Å². The summed E-state index contributed by atoms with van der Waals surface area (Å²) >= 11 is 0. The lowest BCUT2D eigenvalue weighted by Gasteiger charge is -2.32. The van der Waals surface area contributed by atoms with Crippen LogP contribution in [0.3, 0.4) is 0 Å². The molecule has 1 aliphatic rings. The van der Waals surface area contributed by atoms with Gasteiger partial charge in [0.1, 0.15) is 0 Å². The number of aromatic amines is 1. The smallest absolute Gasteiger partial charge is 0.0462 e. The second-order valence-electron chi connectivity index (χ2n) is 6.49. The molecule has 3 rings (SSSR count). The monoisotopic (exact) mass is 263 g/mol. The van der Waals surface area contributed by atoms with Crippen LogP contribution in [0.1, 0.15) is 50.9 Å². The van der Waals surface area contributed by atoms with Gasteiger partial charge in [-0.05, 0) is 60.6 Å². The van der Waals surface area contributed by atoms with E-state index in [1.807, 2.05) is 6.08 Å². The summed E-state index contributed by atoms with van der Waals surface area (Å²) in [5.74, 6) is 0. The maximum atomic E-state index is 3.67. The van der Waals surface area contributed by atoms with Crippen LogP contribution in [-0.2, 0) is 5.41 Å². The van der Waals surface area contributed by atoms with E-state index in [4.69, 9.17) is 0 Å². The molecule has 2 aromatic rings. The summed E-state index contributed by atoms with van der Waals surface area (Å²) in [6, 6.07) is 6.52. The highest BCUT2D eigenvalue weighted by Gasteiger charge is 2.32. The standard InChI is InChI=1S/C19H21N/c1-6-7-14-8-9-16-15(10-14)17-18(20-16)13(3)12(2)11-19(17,4)5/h7-10,20H,1,11H2,2-5H3. The Morgan fingerprint density at radius 2 is 2.05 bits per heavy atom. The van der Waals surface area contributed by atoms with Crippen molar-refractivity contribution in [1.82, 2.24) is 4.98 Å². The fraction of sp³-hybridized carbons (Fsp3) is 0.316. The fourth-order valence-electron chi connectivity index (χ4n) is 3.50. The minimum atomic E-state index is 0.174. The minimum absolute atomic E-state index is 0.174. The van der Waals surface area contributed by atoms with Gasteiger partial charge in [0.05, 0.1) is 0 Å². The average molecular weight is 263 g/mol. The second-order valence-corrected chi connectivity index (χ2v) is 6.49. The Bertz CT molecular complexity index is 777. The summed E-state index contributed by atoms with van der Waals surface area (Å²) in [6.45, 7) is 12.8.